The average Bonchev–Trinajstić information content (AvgIpc) is 2.42. The number of hydrogen-bond donors (Lipinski definition) is 2. The van der Waals surface area contributed by atoms with Crippen molar-refractivity contribution < 1.29 is 14.3 Å². The van der Waals surface area contributed by atoms with E-state index in [1.807, 2.05) is 44.2 Å². The Morgan fingerprint density at radius 2 is 1.74 bits per heavy atom. The molecule has 2 amide bonds. The van der Waals surface area contributed by atoms with Gasteiger partial charge in [-0.25, -0.2) is 4.79 Å². The summed E-state index contributed by atoms with van der Waals surface area (Å²) in [7, 11) is 0. The molecule has 0 bridgehead atoms. The van der Waals surface area contributed by atoms with Crippen LogP contribution in [-0.4, -0.2) is 25.1 Å². The summed E-state index contributed by atoms with van der Waals surface area (Å²) in [5.74, 6) is -0.0792. The minimum absolute atomic E-state index is 0.0283. The molecule has 1 aromatic rings. The standard InChI is InChI=1S/C14H20N2O3/c1-11(2)13(17)15-8-9-16-14(18)19-10-12-6-4-3-5-7-12/h3-7,11H,8-10H2,1-2H3,(H,15,17)(H,16,18). The molecule has 0 aromatic heterocycles. The maximum absolute atomic E-state index is 11.3. The summed E-state index contributed by atoms with van der Waals surface area (Å²) in [6, 6.07) is 9.45. The van der Waals surface area contributed by atoms with Crippen LogP contribution >= 0.6 is 0 Å². The largest absolute Gasteiger partial charge is 0.445 e. The summed E-state index contributed by atoms with van der Waals surface area (Å²) < 4.78 is 5.02. The Labute approximate surface area is 113 Å². The van der Waals surface area contributed by atoms with Crippen LogP contribution in [0.1, 0.15) is 19.4 Å². The van der Waals surface area contributed by atoms with Gasteiger partial charge in [-0.3, -0.25) is 4.79 Å². The lowest BCUT2D eigenvalue weighted by Crippen LogP contribution is -2.36. The predicted octanol–water partition coefficient (Wildman–Crippen LogP) is 1.68. The van der Waals surface area contributed by atoms with Crippen molar-refractivity contribution in [3.05, 3.63) is 35.9 Å². The Hall–Kier alpha value is -2.04. The van der Waals surface area contributed by atoms with E-state index in [0.29, 0.717) is 13.1 Å². The molecule has 0 aliphatic heterocycles. The van der Waals surface area contributed by atoms with Crippen LogP contribution < -0.4 is 10.6 Å². The third-order valence-electron chi connectivity index (χ3n) is 2.43. The number of nitrogens with one attached hydrogen (secondary N) is 2. The number of alkyl carbamates (subject to hydrolysis) is 1. The van der Waals surface area contributed by atoms with Gasteiger partial charge in [0, 0.05) is 19.0 Å². The predicted molar refractivity (Wildman–Crippen MR) is 72.5 cm³/mol. The zero-order valence-corrected chi connectivity index (χ0v) is 11.3. The van der Waals surface area contributed by atoms with Gasteiger partial charge < -0.3 is 15.4 Å². The molecule has 104 valence electrons. The van der Waals surface area contributed by atoms with Gasteiger partial charge in [-0.05, 0) is 5.56 Å². The van der Waals surface area contributed by atoms with E-state index in [2.05, 4.69) is 10.6 Å². The molecule has 2 N–H and O–H groups in total. The molecule has 0 unspecified atom stereocenters. The number of carbonyl (C=O) groups excluding carboxylic acids is 2. The van der Waals surface area contributed by atoms with Crippen LogP contribution in [0.5, 0.6) is 0 Å². The Morgan fingerprint density at radius 3 is 2.37 bits per heavy atom. The molecule has 0 aliphatic carbocycles. The first-order chi connectivity index (χ1) is 9.09. The number of ether oxygens (including phenoxy) is 1. The van der Waals surface area contributed by atoms with E-state index < -0.39 is 6.09 Å². The second-order valence-corrected chi connectivity index (χ2v) is 4.43. The quantitative estimate of drug-likeness (QED) is 0.768. The van der Waals surface area contributed by atoms with Gasteiger partial charge in [0.25, 0.3) is 0 Å². The molecule has 0 radical (unpaired) electrons. The van der Waals surface area contributed by atoms with Crippen LogP contribution in [0.4, 0.5) is 4.79 Å². The van der Waals surface area contributed by atoms with Crippen LogP contribution in [0.3, 0.4) is 0 Å². The van der Waals surface area contributed by atoms with Gasteiger partial charge in [0.2, 0.25) is 5.91 Å². The lowest BCUT2D eigenvalue weighted by Gasteiger charge is -2.09. The smallest absolute Gasteiger partial charge is 0.407 e. The van der Waals surface area contributed by atoms with Gasteiger partial charge >= 0.3 is 6.09 Å². The summed E-state index contributed by atoms with van der Waals surface area (Å²) >= 11 is 0. The van der Waals surface area contributed by atoms with E-state index in [1.54, 1.807) is 0 Å². The molecule has 1 aromatic carbocycles. The van der Waals surface area contributed by atoms with Crippen LogP contribution in [0, 0.1) is 5.92 Å². The molecule has 1 rings (SSSR count). The second kappa shape index (κ2) is 8.13. The van der Waals surface area contributed by atoms with Gasteiger partial charge in [-0.1, -0.05) is 44.2 Å². The van der Waals surface area contributed by atoms with E-state index in [1.165, 1.54) is 0 Å². The number of hydrogen-bond acceptors (Lipinski definition) is 3. The average molecular weight is 264 g/mol. The molecule has 5 heteroatoms. The van der Waals surface area contributed by atoms with E-state index in [4.69, 9.17) is 4.74 Å². The molecule has 0 aliphatic rings. The van der Waals surface area contributed by atoms with Crippen LogP contribution in [0.2, 0.25) is 0 Å². The number of carbonyl (C=O) groups is 2. The minimum atomic E-state index is -0.484. The molecule has 0 heterocycles. The summed E-state index contributed by atoms with van der Waals surface area (Å²) in [4.78, 5) is 22.6. The molecule has 0 saturated heterocycles. The molecular formula is C14H20N2O3. The Balaban J connectivity index is 2.10. The highest BCUT2D eigenvalue weighted by Gasteiger charge is 2.06. The number of amides is 2. The van der Waals surface area contributed by atoms with Crippen LogP contribution in [-0.2, 0) is 16.1 Å². The van der Waals surface area contributed by atoms with Crippen molar-refractivity contribution in [2.45, 2.75) is 20.5 Å². The maximum atomic E-state index is 11.3. The summed E-state index contributed by atoms with van der Waals surface area (Å²) in [6.07, 6.45) is -0.484. The zero-order valence-electron chi connectivity index (χ0n) is 11.3. The highest BCUT2D eigenvalue weighted by molar-refractivity contribution is 5.77. The van der Waals surface area contributed by atoms with Crippen molar-refractivity contribution in [3.8, 4) is 0 Å². The highest BCUT2D eigenvalue weighted by Crippen LogP contribution is 2.00. The van der Waals surface area contributed by atoms with E-state index in [9.17, 15) is 9.59 Å². The highest BCUT2D eigenvalue weighted by atomic mass is 16.5. The third kappa shape index (κ3) is 6.45. The fraction of sp³-hybridized carbons (Fsp3) is 0.429. The molecule has 0 spiro atoms. The fourth-order valence-electron chi connectivity index (χ4n) is 1.33. The topological polar surface area (TPSA) is 67.4 Å². The van der Waals surface area contributed by atoms with Crippen molar-refractivity contribution in [1.29, 1.82) is 0 Å². The molecule has 0 atom stereocenters. The monoisotopic (exact) mass is 264 g/mol. The van der Waals surface area contributed by atoms with E-state index >= 15 is 0 Å². The molecule has 5 nitrogen and oxygen atoms in total. The second-order valence-electron chi connectivity index (χ2n) is 4.43. The van der Waals surface area contributed by atoms with Crippen molar-refractivity contribution >= 4 is 12.0 Å². The molecule has 0 saturated carbocycles. The van der Waals surface area contributed by atoms with Crippen molar-refractivity contribution in [1.82, 2.24) is 10.6 Å². The van der Waals surface area contributed by atoms with Crippen LogP contribution in [0.25, 0.3) is 0 Å². The van der Waals surface area contributed by atoms with Crippen molar-refractivity contribution in [3.63, 3.8) is 0 Å². The Morgan fingerprint density at radius 1 is 1.11 bits per heavy atom. The normalized spacial score (nSPS) is 10.1. The lowest BCUT2D eigenvalue weighted by atomic mass is 10.2. The first-order valence-electron chi connectivity index (χ1n) is 6.32. The number of rotatable bonds is 6. The minimum Gasteiger partial charge on any atom is -0.445 e. The summed E-state index contributed by atoms with van der Waals surface area (Å²) in [5.41, 5.74) is 0.936. The third-order valence-corrected chi connectivity index (χ3v) is 2.43. The summed E-state index contributed by atoms with van der Waals surface area (Å²) in [5, 5.41) is 5.27. The van der Waals surface area contributed by atoms with Gasteiger partial charge in [0.1, 0.15) is 6.61 Å². The maximum Gasteiger partial charge on any atom is 0.407 e. The lowest BCUT2D eigenvalue weighted by molar-refractivity contribution is -0.123. The van der Waals surface area contributed by atoms with Gasteiger partial charge in [-0.15, -0.1) is 0 Å². The Bertz CT molecular complexity index is 404. The van der Waals surface area contributed by atoms with E-state index in [0.717, 1.165) is 5.56 Å². The first kappa shape index (κ1) is 15.0. The van der Waals surface area contributed by atoms with Gasteiger partial charge in [0.15, 0.2) is 0 Å². The zero-order chi connectivity index (χ0) is 14.1. The number of benzene rings is 1. The van der Waals surface area contributed by atoms with Gasteiger partial charge in [0.05, 0.1) is 0 Å². The Kier molecular flexibility index (Phi) is 6.43. The van der Waals surface area contributed by atoms with Crippen LogP contribution in [0.15, 0.2) is 30.3 Å². The SMILES string of the molecule is CC(C)C(=O)NCCNC(=O)OCc1ccccc1. The first-order valence-corrected chi connectivity index (χ1v) is 6.32. The molecule has 19 heavy (non-hydrogen) atoms. The molecule has 0 fully saturated rings. The van der Waals surface area contributed by atoms with Gasteiger partial charge in [-0.2, -0.15) is 0 Å². The van der Waals surface area contributed by atoms with Crippen molar-refractivity contribution in [2.75, 3.05) is 13.1 Å². The summed E-state index contributed by atoms with van der Waals surface area (Å²) in [6.45, 7) is 4.63. The fourth-order valence-corrected chi connectivity index (χ4v) is 1.33. The van der Waals surface area contributed by atoms with Crippen molar-refractivity contribution in [2.24, 2.45) is 5.92 Å². The molecular weight excluding hydrogens is 244 g/mol. The van der Waals surface area contributed by atoms with E-state index in [-0.39, 0.29) is 18.4 Å².